The van der Waals surface area contributed by atoms with Crippen LogP contribution in [0.3, 0.4) is 0 Å². The van der Waals surface area contributed by atoms with Crippen LogP contribution in [-0.2, 0) is 16.1 Å². The minimum absolute atomic E-state index is 0.0665. The molecule has 0 unspecified atom stereocenters. The molecule has 1 fully saturated rings. The van der Waals surface area contributed by atoms with Crippen molar-refractivity contribution < 1.29 is 9.59 Å². The van der Waals surface area contributed by atoms with Crippen molar-refractivity contribution in [3.63, 3.8) is 0 Å². The first-order valence-electron chi connectivity index (χ1n) is 5.74. The monoisotopic (exact) mass is 278 g/mol. The Kier molecular flexibility index (Phi) is 3.75. The molecule has 2 heterocycles. The summed E-state index contributed by atoms with van der Waals surface area (Å²) in [5.74, 6) is -0.140. The van der Waals surface area contributed by atoms with Crippen molar-refractivity contribution in [2.45, 2.75) is 6.54 Å². The molecule has 1 aromatic heterocycles. The first-order valence-corrected chi connectivity index (χ1v) is 6.14. The van der Waals surface area contributed by atoms with Gasteiger partial charge < -0.3 is 15.5 Å². The molecule has 1 aliphatic rings. The maximum Gasteiger partial charge on any atom is 0.242 e. The quantitative estimate of drug-likeness (QED) is 0.755. The van der Waals surface area contributed by atoms with Gasteiger partial charge >= 0.3 is 0 Å². The molecule has 1 saturated heterocycles. The summed E-state index contributed by atoms with van der Waals surface area (Å²) in [6.45, 7) is 0.572. The number of carbonyl (C=O) groups is 2. The third-order valence-corrected chi connectivity index (χ3v) is 3.14. The molecule has 1 aliphatic heterocycles. The first-order chi connectivity index (χ1) is 8.97. The van der Waals surface area contributed by atoms with Gasteiger partial charge in [0.25, 0.3) is 0 Å². The smallest absolute Gasteiger partial charge is 0.242 e. The number of aromatic nitrogens is 1. The van der Waals surface area contributed by atoms with Gasteiger partial charge in [-0.3, -0.25) is 14.6 Å². The zero-order valence-corrected chi connectivity index (χ0v) is 11.3. The lowest BCUT2D eigenvalue weighted by Crippen LogP contribution is -2.51. The molecule has 1 aromatic rings. The molecule has 2 amide bonds. The Morgan fingerprint density at radius 1 is 1.42 bits per heavy atom. The van der Waals surface area contributed by atoms with Crippen molar-refractivity contribution in [1.82, 2.24) is 14.8 Å². The van der Waals surface area contributed by atoms with Crippen molar-refractivity contribution in [1.29, 1.82) is 0 Å². The number of thiocarbonyl (C=S) groups is 1. The molecule has 0 radical (unpaired) electrons. The Balaban J connectivity index is 2.12. The third kappa shape index (κ3) is 3.05. The minimum Gasteiger partial charge on any atom is -0.388 e. The molecule has 0 aliphatic carbocycles. The maximum atomic E-state index is 11.8. The molecule has 7 heteroatoms. The van der Waals surface area contributed by atoms with E-state index in [2.05, 4.69) is 4.98 Å². The molecular weight excluding hydrogens is 264 g/mol. The molecule has 2 N–H and O–H groups in total. The second-order valence-corrected chi connectivity index (χ2v) is 4.85. The van der Waals surface area contributed by atoms with E-state index in [1.807, 2.05) is 0 Å². The lowest BCUT2D eigenvalue weighted by atomic mass is 10.2. The van der Waals surface area contributed by atoms with E-state index in [4.69, 9.17) is 18.0 Å². The van der Waals surface area contributed by atoms with Crippen molar-refractivity contribution in [2.75, 3.05) is 20.1 Å². The zero-order chi connectivity index (χ0) is 14.0. The summed E-state index contributed by atoms with van der Waals surface area (Å²) >= 11 is 4.86. The van der Waals surface area contributed by atoms with Gasteiger partial charge in [-0.1, -0.05) is 12.2 Å². The van der Waals surface area contributed by atoms with Crippen molar-refractivity contribution in [3.8, 4) is 0 Å². The summed E-state index contributed by atoms with van der Waals surface area (Å²) in [5, 5.41) is 0. The molecule has 0 bridgehead atoms. The fourth-order valence-electron chi connectivity index (χ4n) is 1.84. The van der Waals surface area contributed by atoms with Crippen molar-refractivity contribution >= 4 is 29.0 Å². The number of nitrogens with zero attached hydrogens (tertiary/aromatic N) is 3. The lowest BCUT2D eigenvalue weighted by Gasteiger charge is -2.31. The van der Waals surface area contributed by atoms with E-state index in [-0.39, 0.29) is 29.9 Å². The van der Waals surface area contributed by atoms with Crippen LogP contribution in [0.2, 0.25) is 0 Å². The highest BCUT2D eigenvalue weighted by molar-refractivity contribution is 7.80. The van der Waals surface area contributed by atoms with Crippen molar-refractivity contribution in [2.24, 2.45) is 5.73 Å². The number of carbonyl (C=O) groups excluding carboxylic acids is 2. The van der Waals surface area contributed by atoms with Crippen LogP contribution in [0.15, 0.2) is 18.3 Å². The van der Waals surface area contributed by atoms with Gasteiger partial charge in [0, 0.05) is 19.8 Å². The molecular formula is C12H14N4O2S. The highest BCUT2D eigenvalue weighted by atomic mass is 32.1. The van der Waals surface area contributed by atoms with E-state index in [1.54, 1.807) is 25.4 Å². The maximum absolute atomic E-state index is 11.8. The molecule has 0 atom stereocenters. The first kappa shape index (κ1) is 13.4. The molecule has 100 valence electrons. The van der Waals surface area contributed by atoms with Gasteiger partial charge in [-0.25, -0.2) is 0 Å². The average molecular weight is 278 g/mol. The Bertz CT molecular complexity index is 546. The van der Waals surface area contributed by atoms with E-state index in [1.165, 1.54) is 9.80 Å². The predicted molar refractivity (Wildman–Crippen MR) is 73.2 cm³/mol. The van der Waals surface area contributed by atoms with Crippen LogP contribution < -0.4 is 5.73 Å². The molecule has 19 heavy (non-hydrogen) atoms. The standard InChI is InChI=1S/C12H14N4O2S/c1-15-6-11(18)16(7-10(15)17)5-8-2-3-14-9(4-8)12(13)19/h2-4H,5-7H2,1H3,(H2,13,19). The highest BCUT2D eigenvalue weighted by Crippen LogP contribution is 2.10. The number of pyridine rings is 1. The van der Waals surface area contributed by atoms with Crippen LogP contribution in [0.5, 0.6) is 0 Å². The number of likely N-dealkylation sites (N-methyl/N-ethyl adjacent to an activating group) is 1. The summed E-state index contributed by atoms with van der Waals surface area (Å²) in [6.07, 6.45) is 1.59. The van der Waals surface area contributed by atoms with Gasteiger partial charge in [-0.15, -0.1) is 0 Å². The summed E-state index contributed by atoms with van der Waals surface area (Å²) in [7, 11) is 1.62. The second kappa shape index (κ2) is 5.31. The summed E-state index contributed by atoms with van der Waals surface area (Å²) in [6, 6.07) is 3.51. The van der Waals surface area contributed by atoms with E-state index in [0.29, 0.717) is 12.2 Å². The Hall–Kier alpha value is -2.02. The topological polar surface area (TPSA) is 79.5 Å². The minimum atomic E-state index is -0.0733. The Morgan fingerprint density at radius 3 is 2.84 bits per heavy atom. The number of rotatable bonds is 3. The zero-order valence-electron chi connectivity index (χ0n) is 10.5. The summed E-state index contributed by atoms with van der Waals surface area (Å²) in [5.41, 5.74) is 6.88. The summed E-state index contributed by atoms with van der Waals surface area (Å²) in [4.78, 5) is 30.6. The average Bonchev–Trinajstić information content (AvgIpc) is 2.36. The van der Waals surface area contributed by atoms with Gasteiger partial charge in [0.1, 0.15) is 11.5 Å². The normalized spacial score (nSPS) is 15.8. The molecule has 0 saturated carbocycles. The van der Waals surface area contributed by atoms with Crippen LogP contribution in [-0.4, -0.2) is 51.7 Å². The van der Waals surface area contributed by atoms with Gasteiger partial charge in [-0.05, 0) is 17.7 Å². The number of amides is 2. The SMILES string of the molecule is CN1CC(=O)N(Cc2ccnc(C(N)=S)c2)CC1=O. The lowest BCUT2D eigenvalue weighted by molar-refractivity contribution is -0.149. The molecule has 6 nitrogen and oxygen atoms in total. The van der Waals surface area contributed by atoms with E-state index in [9.17, 15) is 9.59 Å². The van der Waals surface area contributed by atoms with Gasteiger partial charge in [0.2, 0.25) is 11.8 Å². The van der Waals surface area contributed by atoms with Crippen LogP contribution in [0.4, 0.5) is 0 Å². The Labute approximate surface area is 116 Å². The number of piperazine rings is 1. The Morgan fingerprint density at radius 2 is 2.16 bits per heavy atom. The van der Waals surface area contributed by atoms with Crippen LogP contribution >= 0.6 is 12.2 Å². The molecule has 0 spiro atoms. The second-order valence-electron chi connectivity index (χ2n) is 4.41. The van der Waals surface area contributed by atoms with Gasteiger partial charge in [-0.2, -0.15) is 0 Å². The van der Waals surface area contributed by atoms with E-state index < -0.39 is 0 Å². The van der Waals surface area contributed by atoms with Crippen LogP contribution in [0.25, 0.3) is 0 Å². The van der Waals surface area contributed by atoms with Gasteiger partial charge in [0.05, 0.1) is 12.2 Å². The van der Waals surface area contributed by atoms with Gasteiger partial charge in [0.15, 0.2) is 0 Å². The van der Waals surface area contributed by atoms with Crippen LogP contribution in [0.1, 0.15) is 11.3 Å². The van der Waals surface area contributed by atoms with Crippen molar-refractivity contribution in [3.05, 3.63) is 29.6 Å². The number of hydrogen-bond donors (Lipinski definition) is 1. The number of hydrogen-bond acceptors (Lipinski definition) is 4. The molecule has 0 aromatic carbocycles. The predicted octanol–water partition coefficient (Wildman–Crippen LogP) is -0.484. The number of nitrogens with two attached hydrogens (primary N) is 1. The highest BCUT2D eigenvalue weighted by Gasteiger charge is 2.27. The van der Waals surface area contributed by atoms with Crippen LogP contribution in [0, 0.1) is 0 Å². The third-order valence-electron chi connectivity index (χ3n) is 2.93. The van der Waals surface area contributed by atoms with E-state index >= 15 is 0 Å². The fourth-order valence-corrected chi connectivity index (χ4v) is 1.95. The summed E-state index contributed by atoms with van der Waals surface area (Å²) < 4.78 is 0. The fraction of sp³-hybridized carbons (Fsp3) is 0.333. The largest absolute Gasteiger partial charge is 0.388 e. The molecule has 2 rings (SSSR count). The van der Waals surface area contributed by atoms with E-state index in [0.717, 1.165) is 5.56 Å².